The predicted octanol–water partition coefficient (Wildman–Crippen LogP) is 4.53. The van der Waals surface area contributed by atoms with E-state index >= 15 is 0 Å². The zero-order valence-electron chi connectivity index (χ0n) is 16.0. The van der Waals surface area contributed by atoms with Gasteiger partial charge in [-0.1, -0.05) is 36.7 Å². The summed E-state index contributed by atoms with van der Waals surface area (Å²) in [6, 6.07) is 13.1. The maximum absolute atomic E-state index is 13.3. The van der Waals surface area contributed by atoms with Crippen molar-refractivity contribution in [2.24, 2.45) is 0 Å². The minimum atomic E-state index is -0.144. The molecule has 1 N–H and O–H groups in total. The third kappa shape index (κ3) is 3.43. The average molecular weight is 396 g/mol. The molecule has 2 heterocycles. The van der Waals surface area contributed by atoms with E-state index in [-0.39, 0.29) is 5.91 Å². The van der Waals surface area contributed by atoms with Gasteiger partial charge in [-0.25, -0.2) is 0 Å². The lowest BCUT2D eigenvalue weighted by Crippen LogP contribution is -2.33. The van der Waals surface area contributed by atoms with Gasteiger partial charge in [0.2, 0.25) is 0 Å². The predicted molar refractivity (Wildman–Crippen MR) is 112 cm³/mol. The highest BCUT2D eigenvalue weighted by Gasteiger charge is 2.25. The number of para-hydroxylation sites is 1. The molecular formula is C22H22ClN3O2. The highest BCUT2D eigenvalue weighted by atomic mass is 35.5. The zero-order valence-corrected chi connectivity index (χ0v) is 16.7. The van der Waals surface area contributed by atoms with E-state index in [2.05, 4.69) is 17.1 Å². The largest absolute Gasteiger partial charge is 0.495 e. The molecule has 144 valence electrons. The van der Waals surface area contributed by atoms with Crippen LogP contribution in [0.2, 0.25) is 5.02 Å². The van der Waals surface area contributed by atoms with Gasteiger partial charge in [0.05, 0.1) is 23.2 Å². The summed E-state index contributed by atoms with van der Waals surface area (Å²) in [5.41, 5.74) is 4.22. The Morgan fingerprint density at radius 2 is 2.11 bits per heavy atom. The molecule has 5 nitrogen and oxygen atoms in total. The lowest BCUT2D eigenvalue weighted by atomic mass is 9.95. The maximum Gasteiger partial charge on any atom is 0.256 e. The first kappa shape index (κ1) is 18.7. The number of pyridine rings is 1. The van der Waals surface area contributed by atoms with E-state index in [9.17, 15) is 4.79 Å². The molecule has 2 aromatic carbocycles. The van der Waals surface area contributed by atoms with Crippen molar-refractivity contribution < 1.29 is 9.53 Å². The summed E-state index contributed by atoms with van der Waals surface area (Å²) >= 11 is 6.21. The van der Waals surface area contributed by atoms with Crippen LogP contribution in [0.15, 0.2) is 42.5 Å². The molecule has 0 radical (unpaired) electrons. The number of nitrogens with zero attached hydrogens (tertiary/aromatic N) is 2. The molecule has 0 aliphatic carbocycles. The summed E-state index contributed by atoms with van der Waals surface area (Å²) in [4.78, 5) is 20.5. The molecule has 1 aliphatic heterocycles. The number of hydrogen-bond acceptors (Lipinski definition) is 4. The van der Waals surface area contributed by atoms with Gasteiger partial charge < -0.3 is 10.1 Å². The van der Waals surface area contributed by atoms with E-state index in [0.29, 0.717) is 22.0 Å². The maximum atomic E-state index is 13.3. The average Bonchev–Trinajstić information content (AvgIpc) is 2.71. The van der Waals surface area contributed by atoms with E-state index < -0.39 is 0 Å². The lowest BCUT2D eigenvalue weighted by molar-refractivity contribution is 0.102. The number of carbonyl (C=O) groups excluding carboxylic acids is 1. The quantitative estimate of drug-likeness (QED) is 0.705. The van der Waals surface area contributed by atoms with Crippen LogP contribution in [0, 0.1) is 0 Å². The molecule has 1 aliphatic rings. The first-order chi connectivity index (χ1) is 13.6. The molecule has 1 amide bonds. The summed E-state index contributed by atoms with van der Waals surface area (Å²) < 4.78 is 5.19. The molecule has 0 spiro atoms. The number of nitrogens with one attached hydrogen (secondary N) is 1. The van der Waals surface area contributed by atoms with Crippen molar-refractivity contribution in [1.82, 2.24) is 9.88 Å². The lowest BCUT2D eigenvalue weighted by Gasteiger charge is -2.29. The molecule has 0 unspecified atom stereocenters. The van der Waals surface area contributed by atoms with Crippen LogP contribution < -0.4 is 10.1 Å². The molecule has 0 saturated carbocycles. The molecule has 6 heteroatoms. The van der Waals surface area contributed by atoms with Crippen LogP contribution in [0.4, 0.5) is 5.69 Å². The van der Waals surface area contributed by atoms with Crippen molar-refractivity contribution in [1.29, 1.82) is 0 Å². The van der Waals surface area contributed by atoms with E-state index in [1.165, 1.54) is 0 Å². The Labute approximate surface area is 169 Å². The normalized spacial score (nSPS) is 14.0. The number of benzene rings is 2. The molecule has 1 aromatic heterocycles. The Morgan fingerprint density at radius 3 is 2.86 bits per heavy atom. The molecule has 28 heavy (non-hydrogen) atoms. The van der Waals surface area contributed by atoms with Gasteiger partial charge >= 0.3 is 0 Å². The standard InChI is InChI=1S/C22H22ClN3O2/c1-3-26-11-10-19-16(13-26)21(15-6-4-5-7-18(15)25-19)22(27)24-14-8-9-20(28-2)17(23)12-14/h4-9,12H,3,10-11,13H2,1-2H3,(H,24,27). The van der Waals surface area contributed by atoms with Gasteiger partial charge in [-0.2, -0.15) is 0 Å². The number of ether oxygens (including phenoxy) is 1. The third-order valence-electron chi connectivity index (χ3n) is 5.21. The van der Waals surface area contributed by atoms with Gasteiger partial charge in [-0.15, -0.1) is 0 Å². The van der Waals surface area contributed by atoms with Crippen LogP contribution in [-0.2, 0) is 13.0 Å². The van der Waals surface area contributed by atoms with Crippen LogP contribution in [0.5, 0.6) is 5.75 Å². The number of methoxy groups -OCH3 is 1. The molecule has 0 fully saturated rings. The highest BCUT2D eigenvalue weighted by Crippen LogP contribution is 2.31. The van der Waals surface area contributed by atoms with Gasteiger partial charge in [-0.05, 0) is 30.8 Å². The number of fused-ring (bicyclic) bond motifs is 2. The fourth-order valence-electron chi connectivity index (χ4n) is 3.71. The minimum Gasteiger partial charge on any atom is -0.495 e. The van der Waals surface area contributed by atoms with E-state index in [1.807, 2.05) is 24.3 Å². The Balaban J connectivity index is 1.78. The van der Waals surface area contributed by atoms with Crippen molar-refractivity contribution in [3.8, 4) is 5.75 Å². The molecular weight excluding hydrogens is 374 g/mol. The fraction of sp³-hybridized carbons (Fsp3) is 0.273. The van der Waals surface area contributed by atoms with Crippen LogP contribution in [0.3, 0.4) is 0 Å². The SMILES string of the molecule is CCN1CCc2nc3ccccc3c(C(=O)Nc3ccc(OC)c(Cl)c3)c2C1. The Kier molecular flexibility index (Phi) is 5.20. The Bertz CT molecular complexity index is 1050. The van der Waals surface area contributed by atoms with Gasteiger partial charge in [0, 0.05) is 41.8 Å². The summed E-state index contributed by atoms with van der Waals surface area (Å²) in [5, 5.41) is 4.33. The van der Waals surface area contributed by atoms with Crippen LogP contribution in [0.25, 0.3) is 10.9 Å². The van der Waals surface area contributed by atoms with Crippen molar-refractivity contribution in [2.45, 2.75) is 19.9 Å². The van der Waals surface area contributed by atoms with Crippen LogP contribution in [-0.4, -0.2) is 36.0 Å². The summed E-state index contributed by atoms with van der Waals surface area (Å²) in [7, 11) is 1.56. The molecule has 3 aromatic rings. The first-order valence-corrected chi connectivity index (χ1v) is 9.76. The van der Waals surface area contributed by atoms with E-state index in [1.54, 1.807) is 25.3 Å². The van der Waals surface area contributed by atoms with Gasteiger partial charge in [0.1, 0.15) is 5.75 Å². The second kappa shape index (κ2) is 7.78. The third-order valence-corrected chi connectivity index (χ3v) is 5.50. The number of rotatable bonds is 4. The van der Waals surface area contributed by atoms with E-state index in [4.69, 9.17) is 21.3 Å². The second-order valence-corrected chi connectivity index (χ2v) is 7.26. The first-order valence-electron chi connectivity index (χ1n) is 9.38. The Hall–Kier alpha value is -2.63. The molecule has 0 bridgehead atoms. The van der Waals surface area contributed by atoms with E-state index in [0.717, 1.165) is 48.2 Å². The number of anilines is 1. The Morgan fingerprint density at radius 1 is 1.29 bits per heavy atom. The smallest absolute Gasteiger partial charge is 0.256 e. The number of aromatic nitrogens is 1. The topological polar surface area (TPSA) is 54.5 Å². The number of amides is 1. The fourth-order valence-corrected chi connectivity index (χ4v) is 3.97. The summed E-state index contributed by atoms with van der Waals surface area (Å²) in [5.74, 6) is 0.430. The summed E-state index contributed by atoms with van der Waals surface area (Å²) in [6.07, 6.45) is 0.850. The summed E-state index contributed by atoms with van der Waals surface area (Å²) in [6.45, 7) is 4.78. The van der Waals surface area contributed by atoms with Crippen LogP contribution in [0.1, 0.15) is 28.5 Å². The molecule has 4 rings (SSSR count). The van der Waals surface area contributed by atoms with Crippen molar-refractivity contribution >= 4 is 34.1 Å². The molecule has 0 saturated heterocycles. The zero-order chi connectivity index (χ0) is 19.7. The monoisotopic (exact) mass is 395 g/mol. The van der Waals surface area contributed by atoms with Crippen LogP contribution >= 0.6 is 11.6 Å². The molecule has 0 atom stereocenters. The van der Waals surface area contributed by atoms with Gasteiger partial charge in [0.25, 0.3) is 5.91 Å². The van der Waals surface area contributed by atoms with Gasteiger partial charge in [0.15, 0.2) is 0 Å². The minimum absolute atomic E-state index is 0.144. The number of halogens is 1. The van der Waals surface area contributed by atoms with Crippen molar-refractivity contribution in [3.05, 3.63) is 64.3 Å². The number of hydrogen-bond donors (Lipinski definition) is 1. The van der Waals surface area contributed by atoms with Crippen molar-refractivity contribution in [3.63, 3.8) is 0 Å². The van der Waals surface area contributed by atoms with Crippen molar-refractivity contribution in [2.75, 3.05) is 25.5 Å². The number of likely N-dealkylation sites (N-methyl/N-ethyl adjacent to an activating group) is 1. The van der Waals surface area contributed by atoms with Gasteiger partial charge in [-0.3, -0.25) is 14.7 Å². The second-order valence-electron chi connectivity index (χ2n) is 6.85. The highest BCUT2D eigenvalue weighted by molar-refractivity contribution is 6.32. The number of carbonyl (C=O) groups is 1.